The maximum atomic E-state index is 13.6. The second kappa shape index (κ2) is 7.58. The van der Waals surface area contributed by atoms with E-state index in [0.717, 1.165) is 6.26 Å². The van der Waals surface area contributed by atoms with E-state index in [4.69, 9.17) is 0 Å². The lowest BCUT2D eigenvalue weighted by atomic mass is 9.98. The first kappa shape index (κ1) is 22.5. The number of amides is 1. The zero-order valence-corrected chi connectivity index (χ0v) is 16.9. The van der Waals surface area contributed by atoms with E-state index in [-0.39, 0.29) is 12.1 Å². The van der Waals surface area contributed by atoms with E-state index in [9.17, 15) is 31.5 Å². The number of nitrogens with one attached hydrogen (secondary N) is 2. The van der Waals surface area contributed by atoms with Crippen LogP contribution in [-0.4, -0.2) is 48.9 Å². The Balaban J connectivity index is 2.21. The Morgan fingerprint density at radius 2 is 1.86 bits per heavy atom. The van der Waals surface area contributed by atoms with Crippen molar-refractivity contribution in [2.24, 2.45) is 0 Å². The summed E-state index contributed by atoms with van der Waals surface area (Å²) in [7, 11) is -3.58. The Morgan fingerprint density at radius 1 is 1.25 bits per heavy atom. The molecule has 0 aliphatic carbocycles. The second-order valence-corrected chi connectivity index (χ2v) is 9.84. The minimum absolute atomic E-state index is 0.271. The highest BCUT2D eigenvalue weighted by Crippen LogP contribution is 2.44. The van der Waals surface area contributed by atoms with Crippen LogP contribution in [0.5, 0.6) is 0 Å². The van der Waals surface area contributed by atoms with E-state index in [0.29, 0.717) is 16.0 Å². The number of hydrogen-bond acceptors (Lipinski definition) is 6. The van der Waals surface area contributed by atoms with Crippen molar-refractivity contribution < 1.29 is 31.5 Å². The number of para-hydroxylation sites is 1. The van der Waals surface area contributed by atoms with Crippen LogP contribution in [0.25, 0.3) is 10.2 Å². The molecule has 0 saturated heterocycles. The third kappa shape index (κ3) is 5.40. The molecule has 0 saturated carbocycles. The highest BCUT2D eigenvalue weighted by atomic mass is 32.2. The van der Waals surface area contributed by atoms with E-state index >= 15 is 0 Å². The van der Waals surface area contributed by atoms with Gasteiger partial charge < -0.3 is 10.4 Å². The molecule has 2 aromatic rings. The molecule has 7 nitrogen and oxygen atoms in total. The molecule has 28 heavy (non-hydrogen) atoms. The summed E-state index contributed by atoms with van der Waals surface area (Å²) in [6, 6.07) is 6.29. The summed E-state index contributed by atoms with van der Waals surface area (Å²) in [4.78, 5) is 16.0. The van der Waals surface area contributed by atoms with Crippen LogP contribution < -0.4 is 10.0 Å². The van der Waals surface area contributed by atoms with Crippen molar-refractivity contribution in [3.05, 3.63) is 29.3 Å². The summed E-state index contributed by atoms with van der Waals surface area (Å²) in [6.45, 7) is 2.64. The Hall–Kier alpha value is -1.76. The molecule has 0 aliphatic rings. The van der Waals surface area contributed by atoms with Gasteiger partial charge in [0.25, 0.3) is 0 Å². The van der Waals surface area contributed by atoms with Gasteiger partial charge >= 0.3 is 6.18 Å². The SMILES string of the molecule is CC(C)(CNC(=O)C[C@@](O)(c1nc2ccccc2s1)C(F)(F)F)NS(C)(=O)=O. The fourth-order valence-corrected chi connectivity index (χ4v) is 4.65. The number of fused-ring (bicyclic) bond motifs is 1. The van der Waals surface area contributed by atoms with E-state index in [1.807, 2.05) is 0 Å². The van der Waals surface area contributed by atoms with E-state index in [1.54, 1.807) is 18.2 Å². The number of nitrogens with zero attached hydrogens (tertiary/aromatic N) is 1. The van der Waals surface area contributed by atoms with Crippen LogP contribution in [0, 0.1) is 0 Å². The van der Waals surface area contributed by atoms with E-state index in [2.05, 4.69) is 15.0 Å². The number of halogens is 3. The summed E-state index contributed by atoms with van der Waals surface area (Å²) in [5.74, 6) is -1.09. The summed E-state index contributed by atoms with van der Waals surface area (Å²) < 4.78 is 66.2. The largest absolute Gasteiger partial charge is 0.424 e. The molecule has 0 radical (unpaired) electrons. The van der Waals surface area contributed by atoms with Crippen molar-refractivity contribution in [1.82, 2.24) is 15.0 Å². The van der Waals surface area contributed by atoms with Crippen LogP contribution in [0.15, 0.2) is 24.3 Å². The molecule has 12 heteroatoms. The van der Waals surface area contributed by atoms with E-state index < -0.39 is 44.7 Å². The maximum absolute atomic E-state index is 13.6. The van der Waals surface area contributed by atoms with Crippen LogP contribution in [0.2, 0.25) is 0 Å². The molecule has 0 fully saturated rings. The molecular weight excluding hydrogens is 419 g/mol. The van der Waals surface area contributed by atoms with Gasteiger partial charge in [-0.15, -0.1) is 11.3 Å². The Morgan fingerprint density at radius 3 is 2.39 bits per heavy atom. The molecule has 1 aromatic carbocycles. The fourth-order valence-electron chi connectivity index (χ4n) is 2.50. The maximum Gasteiger partial charge on any atom is 0.424 e. The number of carbonyl (C=O) groups is 1. The zero-order valence-electron chi connectivity index (χ0n) is 15.3. The summed E-state index contributed by atoms with van der Waals surface area (Å²) in [6.07, 6.45) is -5.52. The molecule has 156 valence electrons. The predicted octanol–water partition coefficient (Wildman–Crippen LogP) is 1.88. The van der Waals surface area contributed by atoms with Gasteiger partial charge in [0, 0.05) is 12.1 Å². The molecule has 0 bridgehead atoms. The van der Waals surface area contributed by atoms with Crippen LogP contribution in [-0.2, 0) is 20.4 Å². The minimum atomic E-state index is -5.14. The van der Waals surface area contributed by atoms with Crippen molar-refractivity contribution in [2.45, 2.75) is 37.6 Å². The van der Waals surface area contributed by atoms with Gasteiger partial charge in [-0.25, -0.2) is 18.1 Å². The molecule has 0 spiro atoms. The number of rotatable bonds is 7. The number of thiazole rings is 1. The number of hydrogen-bond donors (Lipinski definition) is 3. The molecule has 1 heterocycles. The molecule has 0 aliphatic heterocycles. The first-order valence-electron chi connectivity index (χ1n) is 8.04. The topological polar surface area (TPSA) is 108 Å². The summed E-state index contributed by atoms with van der Waals surface area (Å²) in [5.41, 5.74) is -4.31. The highest BCUT2D eigenvalue weighted by molar-refractivity contribution is 7.88. The molecular formula is C16H20F3N3O4S2. The second-order valence-electron chi connectivity index (χ2n) is 7.06. The first-order valence-corrected chi connectivity index (χ1v) is 10.7. The lowest BCUT2D eigenvalue weighted by molar-refractivity contribution is -0.267. The monoisotopic (exact) mass is 439 g/mol. The third-order valence-electron chi connectivity index (χ3n) is 3.72. The number of carbonyl (C=O) groups excluding carboxylic acids is 1. The highest BCUT2D eigenvalue weighted by Gasteiger charge is 2.58. The normalized spacial score (nSPS) is 15.4. The Labute approximate surface area is 164 Å². The predicted molar refractivity (Wildman–Crippen MR) is 99.3 cm³/mol. The molecule has 2 rings (SSSR count). The minimum Gasteiger partial charge on any atom is -0.374 e. The van der Waals surface area contributed by atoms with Gasteiger partial charge in [-0.3, -0.25) is 4.79 Å². The van der Waals surface area contributed by atoms with Crippen molar-refractivity contribution in [1.29, 1.82) is 0 Å². The molecule has 1 amide bonds. The van der Waals surface area contributed by atoms with Crippen molar-refractivity contribution in [3.8, 4) is 0 Å². The summed E-state index contributed by atoms with van der Waals surface area (Å²) >= 11 is 0.652. The lowest BCUT2D eigenvalue weighted by Gasteiger charge is -2.29. The number of sulfonamides is 1. The van der Waals surface area contributed by atoms with Crippen LogP contribution in [0.4, 0.5) is 13.2 Å². The molecule has 0 unspecified atom stereocenters. The van der Waals surface area contributed by atoms with Crippen LogP contribution in [0.1, 0.15) is 25.3 Å². The number of alkyl halides is 3. The van der Waals surface area contributed by atoms with E-state index in [1.165, 1.54) is 19.9 Å². The van der Waals surface area contributed by atoms with Crippen molar-refractivity contribution >= 4 is 37.5 Å². The summed E-state index contributed by atoms with van der Waals surface area (Å²) in [5, 5.41) is 12.0. The number of benzene rings is 1. The van der Waals surface area contributed by atoms with Gasteiger partial charge in [0.2, 0.25) is 21.5 Å². The molecule has 1 atom stereocenters. The standard InChI is InChI=1S/C16H20F3N3O4S2/c1-14(2,22-28(3,25)26)9-20-12(23)8-15(24,16(17,18)19)13-21-10-6-4-5-7-11(10)27-13/h4-7,22,24H,8-9H2,1-3H3,(H,20,23)/t15-/m1/s1. The van der Waals surface area contributed by atoms with Gasteiger partial charge in [-0.1, -0.05) is 12.1 Å². The van der Waals surface area contributed by atoms with Gasteiger partial charge in [0.05, 0.1) is 22.9 Å². The number of aromatic nitrogens is 1. The average molecular weight is 439 g/mol. The van der Waals surface area contributed by atoms with Gasteiger partial charge in [0.15, 0.2) is 0 Å². The molecule has 1 aromatic heterocycles. The third-order valence-corrected chi connectivity index (χ3v) is 5.83. The van der Waals surface area contributed by atoms with Crippen molar-refractivity contribution in [3.63, 3.8) is 0 Å². The van der Waals surface area contributed by atoms with Crippen LogP contribution >= 0.6 is 11.3 Å². The Bertz CT molecular complexity index is 940. The van der Waals surface area contributed by atoms with Gasteiger partial charge in [-0.05, 0) is 26.0 Å². The lowest BCUT2D eigenvalue weighted by Crippen LogP contribution is -2.52. The first-order chi connectivity index (χ1) is 12.6. The average Bonchev–Trinajstić information content (AvgIpc) is 2.94. The Kier molecular flexibility index (Phi) is 6.10. The van der Waals surface area contributed by atoms with Crippen molar-refractivity contribution in [2.75, 3.05) is 12.8 Å². The van der Waals surface area contributed by atoms with Gasteiger partial charge in [0.1, 0.15) is 5.01 Å². The molecule has 3 N–H and O–H groups in total. The fraction of sp³-hybridized carbons (Fsp3) is 0.500. The van der Waals surface area contributed by atoms with Crippen LogP contribution in [0.3, 0.4) is 0 Å². The smallest absolute Gasteiger partial charge is 0.374 e. The van der Waals surface area contributed by atoms with Gasteiger partial charge in [-0.2, -0.15) is 13.2 Å². The quantitative estimate of drug-likeness (QED) is 0.611. The zero-order chi connectivity index (χ0) is 21.4. The number of aliphatic hydroxyl groups is 1.